The number of methoxy groups -OCH3 is 1. The van der Waals surface area contributed by atoms with Crippen molar-refractivity contribution in [3.8, 4) is 0 Å². The maximum atomic E-state index is 12.3. The van der Waals surface area contributed by atoms with E-state index < -0.39 is 13.7 Å². The zero-order chi connectivity index (χ0) is 12.7. The summed E-state index contributed by atoms with van der Waals surface area (Å²) in [5.74, 6) is 0.552. The summed E-state index contributed by atoms with van der Waals surface area (Å²) >= 11 is 0. The van der Waals surface area contributed by atoms with Crippen LogP contribution in [0.2, 0.25) is 19.6 Å². The fourth-order valence-corrected chi connectivity index (χ4v) is 4.28. The van der Waals surface area contributed by atoms with Crippen LogP contribution in [-0.4, -0.2) is 33.4 Å². The fraction of sp³-hybridized carbons (Fsp3) is 0.769. The molecule has 0 saturated heterocycles. The molecule has 0 aromatic rings. The first-order chi connectivity index (χ1) is 7.91. The van der Waals surface area contributed by atoms with Crippen molar-refractivity contribution in [1.29, 1.82) is 0 Å². The van der Waals surface area contributed by atoms with Gasteiger partial charge in [0.25, 0.3) is 0 Å². The number of hydrogen-bond acceptors (Lipinski definition) is 3. The lowest BCUT2D eigenvalue weighted by Crippen LogP contribution is -2.58. The summed E-state index contributed by atoms with van der Waals surface area (Å²) < 4.78 is 10.6. The van der Waals surface area contributed by atoms with E-state index in [1.807, 2.05) is 0 Å². The SMILES string of the molecule is COCO[C@@]12CCC[C@@H]1/C(=C\[Si](C)(C)C)C2=O. The number of carbonyl (C=O) groups is 1. The van der Waals surface area contributed by atoms with Crippen molar-refractivity contribution in [2.45, 2.75) is 44.5 Å². The summed E-state index contributed by atoms with van der Waals surface area (Å²) in [6.07, 6.45) is 3.04. The summed E-state index contributed by atoms with van der Waals surface area (Å²) in [6, 6.07) is 0. The second kappa shape index (κ2) is 4.34. The minimum Gasteiger partial charge on any atom is -0.359 e. The van der Waals surface area contributed by atoms with Gasteiger partial charge in [-0.15, -0.1) is 0 Å². The van der Waals surface area contributed by atoms with Crippen molar-refractivity contribution in [3.05, 3.63) is 11.3 Å². The smallest absolute Gasteiger partial charge is 0.191 e. The Morgan fingerprint density at radius 1 is 1.47 bits per heavy atom. The Morgan fingerprint density at radius 2 is 2.18 bits per heavy atom. The Balaban J connectivity index is 2.18. The second-order valence-electron chi connectivity index (χ2n) is 6.18. The number of ether oxygens (including phenoxy) is 2. The van der Waals surface area contributed by atoms with Crippen LogP contribution in [0, 0.1) is 5.92 Å². The fourth-order valence-electron chi connectivity index (χ4n) is 3.01. The number of carbonyl (C=O) groups excluding carboxylic acids is 1. The highest BCUT2D eigenvalue weighted by Crippen LogP contribution is 2.54. The van der Waals surface area contributed by atoms with Gasteiger partial charge in [0, 0.05) is 13.0 Å². The molecule has 0 heterocycles. The topological polar surface area (TPSA) is 35.5 Å². The average molecular weight is 254 g/mol. The number of Topliss-reactive ketones (excluding diaryl/α,β-unsaturated/α-hetero) is 1. The van der Waals surface area contributed by atoms with E-state index in [9.17, 15) is 4.79 Å². The van der Waals surface area contributed by atoms with Crippen LogP contribution in [0.4, 0.5) is 0 Å². The lowest BCUT2D eigenvalue weighted by molar-refractivity contribution is -0.179. The molecule has 0 aromatic carbocycles. The molecule has 17 heavy (non-hydrogen) atoms. The molecule has 0 radical (unpaired) electrons. The predicted octanol–water partition coefficient (Wildman–Crippen LogP) is 2.53. The summed E-state index contributed by atoms with van der Waals surface area (Å²) in [5, 5.41) is 0. The van der Waals surface area contributed by atoms with E-state index in [1.165, 1.54) is 0 Å². The molecule has 0 aliphatic heterocycles. The molecule has 2 fully saturated rings. The van der Waals surface area contributed by atoms with E-state index in [0.717, 1.165) is 24.8 Å². The minimum absolute atomic E-state index is 0.222. The molecule has 2 atom stereocenters. The van der Waals surface area contributed by atoms with Crippen LogP contribution in [0.3, 0.4) is 0 Å². The molecule has 3 nitrogen and oxygen atoms in total. The number of ketones is 1. The standard InChI is InChI=1S/C13H22O3Si/c1-15-9-16-13-7-5-6-11(13)10(12(13)14)8-17(2,3)4/h8,11H,5-7,9H2,1-4H3/b10-8+/t11-,13+/m1/s1. The summed E-state index contributed by atoms with van der Waals surface area (Å²) in [5.41, 5.74) is 2.76. The lowest BCUT2D eigenvalue weighted by Gasteiger charge is -2.45. The van der Waals surface area contributed by atoms with Crippen molar-refractivity contribution in [2.24, 2.45) is 5.92 Å². The van der Waals surface area contributed by atoms with Crippen LogP contribution in [0.5, 0.6) is 0 Å². The van der Waals surface area contributed by atoms with Crippen molar-refractivity contribution >= 4 is 13.9 Å². The van der Waals surface area contributed by atoms with Crippen molar-refractivity contribution in [3.63, 3.8) is 0 Å². The van der Waals surface area contributed by atoms with Gasteiger partial charge in [-0.05, 0) is 24.8 Å². The van der Waals surface area contributed by atoms with Gasteiger partial charge in [-0.2, -0.15) is 0 Å². The van der Waals surface area contributed by atoms with Crippen molar-refractivity contribution in [1.82, 2.24) is 0 Å². The van der Waals surface area contributed by atoms with E-state index in [2.05, 4.69) is 25.3 Å². The molecule has 0 N–H and O–H groups in total. The predicted molar refractivity (Wildman–Crippen MR) is 69.5 cm³/mol. The molecule has 2 saturated carbocycles. The van der Waals surface area contributed by atoms with Crippen LogP contribution in [-0.2, 0) is 14.3 Å². The van der Waals surface area contributed by atoms with Crippen LogP contribution in [0.15, 0.2) is 11.3 Å². The van der Waals surface area contributed by atoms with Gasteiger partial charge in [-0.1, -0.05) is 25.3 Å². The Labute approximate surface area is 104 Å². The van der Waals surface area contributed by atoms with E-state index in [0.29, 0.717) is 5.92 Å². The molecule has 0 amide bonds. The molecular weight excluding hydrogens is 232 g/mol. The third kappa shape index (κ3) is 2.14. The zero-order valence-electron chi connectivity index (χ0n) is 11.2. The monoisotopic (exact) mass is 254 g/mol. The molecule has 4 heteroatoms. The maximum Gasteiger partial charge on any atom is 0.191 e. The van der Waals surface area contributed by atoms with Gasteiger partial charge in [-0.25, -0.2) is 0 Å². The highest BCUT2D eigenvalue weighted by atomic mass is 28.3. The van der Waals surface area contributed by atoms with Gasteiger partial charge in [-0.3, -0.25) is 4.79 Å². The third-order valence-electron chi connectivity index (χ3n) is 3.65. The minimum atomic E-state index is -1.33. The molecule has 0 aromatic heterocycles. The molecule has 2 rings (SSSR count). The summed E-state index contributed by atoms with van der Waals surface area (Å²) in [7, 11) is 0.274. The first-order valence-electron chi connectivity index (χ1n) is 6.31. The Kier molecular flexibility index (Phi) is 3.31. The van der Waals surface area contributed by atoms with Crippen molar-refractivity contribution < 1.29 is 14.3 Å². The number of rotatable bonds is 4. The van der Waals surface area contributed by atoms with Gasteiger partial charge in [0.05, 0.1) is 8.07 Å². The van der Waals surface area contributed by atoms with Gasteiger partial charge < -0.3 is 9.47 Å². The van der Waals surface area contributed by atoms with E-state index in [-0.39, 0.29) is 12.6 Å². The van der Waals surface area contributed by atoms with Gasteiger partial charge in [0.1, 0.15) is 12.4 Å². The Morgan fingerprint density at radius 3 is 2.76 bits per heavy atom. The molecule has 2 aliphatic carbocycles. The van der Waals surface area contributed by atoms with Crippen LogP contribution >= 0.6 is 0 Å². The third-order valence-corrected chi connectivity index (χ3v) is 4.83. The molecular formula is C13H22O3Si. The van der Waals surface area contributed by atoms with Gasteiger partial charge >= 0.3 is 0 Å². The highest BCUT2D eigenvalue weighted by molar-refractivity contribution is 6.81. The number of fused-ring (bicyclic) bond motifs is 1. The van der Waals surface area contributed by atoms with Crippen LogP contribution in [0.1, 0.15) is 19.3 Å². The first kappa shape index (κ1) is 13.0. The second-order valence-corrected chi connectivity index (χ2v) is 11.2. The largest absolute Gasteiger partial charge is 0.359 e. The van der Waals surface area contributed by atoms with Crippen LogP contribution < -0.4 is 0 Å². The van der Waals surface area contributed by atoms with E-state index in [4.69, 9.17) is 9.47 Å². The van der Waals surface area contributed by atoms with Crippen molar-refractivity contribution in [2.75, 3.05) is 13.9 Å². The quantitative estimate of drug-likeness (QED) is 0.439. The molecule has 2 aliphatic rings. The highest BCUT2D eigenvalue weighted by Gasteiger charge is 2.62. The van der Waals surface area contributed by atoms with Gasteiger partial charge in [0.2, 0.25) is 0 Å². The molecule has 96 valence electrons. The summed E-state index contributed by atoms with van der Waals surface area (Å²) in [6.45, 7) is 7.01. The maximum absolute atomic E-state index is 12.3. The van der Waals surface area contributed by atoms with Gasteiger partial charge in [0.15, 0.2) is 5.78 Å². The molecule has 0 unspecified atom stereocenters. The number of hydrogen-bond donors (Lipinski definition) is 0. The summed E-state index contributed by atoms with van der Waals surface area (Å²) in [4.78, 5) is 12.3. The van der Waals surface area contributed by atoms with E-state index >= 15 is 0 Å². The lowest BCUT2D eigenvalue weighted by atomic mass is 9.66. The molecule has 0 bridgehead atoms. The molecule has 0 spiro atoms. The Hall–Kier alpha value is -0.453. The first-order valence-corrected chi connectivity index (χ1v) is 9.89. The Bertz CT molecular complexity index is 356. The normalized spacial score (nSPS) is 34.9. The zero-order valence-corrected chi connectivity index (χ0v) is 12.2. The van der Waals surface area contributed by atoms with E-state index in [1.54, 1.807) is 7.11 Å². The average Bonchev–Trinajstić information content (AvgIpc) is 2.62. The van der Waals surface area contributed by atoms with Crippen LogP contribution in [0.25, 0.3) is 0 Å².